The molecule has 0 saturated heterocycles. The minimum atomic E-state index is -4.58. The number of ether oxygens (including phenoxy) is 2. The average molecular weight is 1240 g/mol. The molecule has 0 bridgehead atoms. The molecule has 1 amide bonds. The first-order chi connectivity index (χ1) is 36.2. The smallest absolute Gasteiger partial charge is 0.871 e. The molecule has 8 rings (SSSR count). The van der Waals surface area contributed by atoms with Gasteiger partial charge in [-0.05, 0) is 110 Å². The van der Waals surface area contributed by atoms with Crippen LogP contribution in [0.3, 0.4) is 0 Å². The Morgan fingerprint density at radius 2 is 1.09 bits per heavy atom. The third-order valence-corrected chi connectivity index (χ3v) is 13.6. The van der Waals surface area contributed by atoms with Gasteiger partial charge in [-0.15, -0.1) is 5.11 Å². The van der Waals surface area contributed by atoms with E-state index < -0.39 is 48.4 Å². The fourth-order valence-corrected chi connectivity index (χ4v) is 10.2. The van der Waals surface area contributed by atoms with E-state index in [-0.39, 0.29) is 122 Å². The van der Waals surface area contributed by atoms with E-state index in [4.69, 9.17) is 32.7 Å². The fraction of sp³-hybridized carbons (Fsp3) is 0.148. The van der Waals surface area contributed by atoms with E-state index in [1.165, 1.54) is 18.2 Å². The summed E-state index contributed by atoms with van der Waals surface area (Å²) in [5, 5.41) is 59.2. The van der Waals surface area contributed by atoms with Crippen molar-refractivity contribution in [2.75, 3.05) is 18.5 Å². The monoisotopic (exact) mass is 1240 g/mol. The molecule has 0 radical (unpaired) electrons. The Bertz CT molecular complexity index is 3860. The van der Waals surface area contributed by atoms with E-state index in [1.54, 1.807) is 117 Å². The van der Waals surface area contributed by atoms with Crippen LogP contribution >= 0.6 is 23.2 Å². The Labute approximate surface area is 493 Å². The van der Waals surface area contributed by atoms with Crippen LogP contribution in [0.1, 0.15) is 54.7 Å². The zero-order valence-electron chi connectivity index (χ0n) is 41.6. The number of amides is 1. The van der Waals surface area contributed by atoms with Gasteiger partial charge in [0, 0.05) is 49.8 Å². The van der Waals surface area contributed by atoms with E-state index in [1.807, 2.05) is 13.8 Å². The second kappa shape index (κ2) is 26.3. The van der Waals surface area contributed by atoms with E-state index in [9.17, 15) is 46.1 Å². The largest absolute Gasteiger partial charge is 2.00 e. The van der Waals surface area contributed by atoms with Gasteiger partial charge in [-0.2, -0.15) is 32.2 Å². The number of phenols is 1. The molecule has 77 heavy (non-hydrogen) atoms. The SMILES string of the molecule is CCOc1cccc(N=C([O-])c2cc3ccccc3c(N=Nc3cc(Cl)cc(S(=O)(=O)O)c3CC)c2[O-])c1.CCOc1cccc(NC(=O)c2cc3ccccc3c(N=Nc3cc(Cl)cc(S(=O)(=O)O)c3CC)c2O)c1.[Ba+2]. The molecular weight excluding hydrogens is 1200 g/mol. The van der Waals surface area contributed by atoms with Crippen molar-refractivity contribution in [3.8, 4) is 23.0 Å². The number of nitrogens with zero attached hydrogens (tertiary/aromatic N) is 5. The number of benzene rings is 8. The Balaban J connectivity index is 0.000000246. The molecule has 0 unspecified atom stereocenters. The van der Waals surface area contributed by atoms with Gasteiger partial charge in [0.15, 0.2) is 5.75 Å². The van der Waals surface area contributed by atoms with Gasteiger partial charge in [-0.3, -0.25) is 18.9 Å². The molecule has 0 aliphatic heterocycles. The van der Waals surface area contributed by atoms with Gasteiger partial charge in [-0.25, -0.2) is 0 Å². The second-order valence-electron chi connectivity index (χ2n) is 16.3. The van der Waals surface area contributed by atoms with Crippen LogP contribution < -0.4 is 25.0 Å². The van der Waals surface area contributed by atoms with Gasteiger partial charge in [0.2, 0.25) is 0 Å². The predicted molar refractivity (Wildman–Crippen MR) is 294 cm³/mol. The minimum absolute atomic E-state index is 0. The molecule has 0 aliphatic rings. The number of carbonyl (C=O) groups excluding carboxylic acids is 1. The van der Waals surface area contributed by atoms with Crippen LogP contribution in [0, 0.1) is 0 Å². The summed E-state index contributed by atoms with van der Waals surface area (Å²) >= 11 is 12.1. The third-order valence-electron chi connectivity index (χ3n) is 11.3. The zero-order chi connectivity index (χ0) is 54.9. The molecule has 8 aromatic carbocycles. The van der Waals surface area contributed by atoms with E-state index in [2.05, 4.69) is 30.8 Å². The molecular formula is C54H46BaCl2N6O12S2. The first-order valence-electron chi connectivity index (χ1n) is 23.2. The maximum atomic E-state index is 13.4. The molecule has 8 aromatic rings. The molecule has 0 atom stereocenters. The molecule has 23 heteroatoms. The number of hydrogen-bond acceptors (Lipinski definition) is 15. The van der Waals surface area contributed by atoms with E-state index in [0.717, 1.165) is 12.1 Å². The van der Waals surface area contributed by atoms with Crippen molar-refractivity contribution in [1.82, 2.24) is 0 Å². The first kappa shape index (κ1) is 59.8. The molecule has 0 spiro atoms. The topological polar surface area (TPSA) is 284 Å². The van der Waals surface area contributed by atoms with Crippen LogP contribution in [-0.2, 0) is 33.1 Å². The number of rotatable bonds is 16. The fourth-order valence-electron chi connectivity index (χ4n) is 7.93. The van der Waals surface area contributed by atoms with Gasteiger partial charge >= 0.3 is 48.9 Å². The van der Waals surface area contributed by atoms with Gasteiger partial charge < -0.3 is 30.1 Å². The predicted octanol–water partition coefficient (Wildman–Crippen LogP) is 12.3. The Morgan fingerprint density at radius 3 is 1.61 bits per heavy atom. The van der Waals surface area contributed by atoms with Crippen LogP contribution in [0.4, 0.5) is 34.1 Å². The van der Waals surface area contributed by atoms with Crippen molar-refractivity contribution >= 4 is 160 Å². The molecule has 0 fully saturated rings. The van der Waals surface area contributed by atoms with Crippen molar-refractivity contribution < 1.29 is 55.5 Å². The molecule has 0 saturated carbocycles. The number of fused-ring (bicyclic) bond motifs is 2. The summed E-state index contributed by atoms with van der Waals surface area (Å²) in [5.41, 5.74) is 0.957. The maximum absolute atomic E-state index is 13.4. The number of aliphatic imine (C=N–C) groups is 1. The van der Waals surface area contributed by atoms with Crippen molar-refractivity contribution in [3.63, 3.8) is 0 Å². The number of aromatic hydroxyl groups is 1. The van der Waals surface area contributed by atoms with Crippen LogP contribution in [0.5, 0.6) is 23.0 Å². The van der Waals surface area contributed by atoms with Crippen molar-refractivity contribution in [2.45, 2.75) is 50.3 Å². The number of nitrogens with one attached hydrogen (secondary N) is 1. The molecule has 18 nitrogen and oxygen atoms in total. The molecule has 0 heterocycles. The number of azo groups is 2. The van der Waals surface area contributed by atoms with E-state index >= 15 is 0 Å². The number of hydrogen-bond donors (Lipinski definition) is 4. The van der Waals surface area contributed by atoms with Crippen LogP contribution in [0.15, 0.2) is 169 Å². The summed E-state index contributed by atoms with van der Waals surface area (Å²) in [6.45, 7) is 7.96. The maximum Gasteiger partial charge on any atom is 2.00 e. The first-order valence-corrected chi connectivity index (χ1v) is 26.8. The summed E-state index contributed by atoms with van der Waals surface area (Å²) in [5.74, 6) is -1.34. The minimum Gasteiger partial charge on any atom is -0.871 e. The zero-order valence-corrected chi connectivity index (χ0v) is 49.1. The number of anilines is 1. The second-order valence-corrected chi connectivity index (χ2v) is 19.9. The normalized spacial score (nSPS) is 11.9. The van der Waals surface area contributed by atoms with Gasteiger partial charge in [-0.1, -0.05) is 103 Å². The summed E-state index contributed by atoms with van der Waals surface area (Å²) in [7, 11) is -9.15. The Hall–Kier alpha value is -6.41. The summed E-state index contributed by atoms with van der Waals surface area (Å²) in [6.07, 6.45) is 0.389. The summed E-state index contributed by atoms with van der Waals surface area (Å²) in [6, 6.07) is 35.3. The molecule has 0 aliphatic carbocycles. The number of carbonyl (C=O) groups is 1. The quantitative estimate of drug-likeness (QED) is 0.0231. The van der Waals surface area contributed by atoms with Crippen LogP contribution in [0.25, 0.3) is 21.5 Å². The molecule has 4 N–H and O–H groups in total. The van der Waals surface area contributed by atoms with Gasteiger partial charge in [0.05, 0.1) is 41.5 Å². The number of phenolic OH excluding ortho intramolecular Hbond substituents is 1. The third kappa shape index (κ3) is 14.6. The van der Waals surface area contributed by atoms with Crippen molar-refractivity contribution in [1.29, 1.82) is 0 Å². The average Bonchev–Trinajstić information content (AvgIpc) is 3.37. The number of halogens is 2. The van der Waals surface area contributed by atoms with Crippen LogP contribution in [-0.4, -0.2) is 105 Å². The Morgan fingerprint density at radius 1 is 0.610 bits per heavy atom. The van der Waals surface area contributed by atoms with Crippen molar-refractivity contribution in [2.24, 2.45) is 25.4 Å². The molecule has 0 aromatic heterocycles. The Kier molecular flexibility index (Phi) is 20.4. The summed E-state index contributed by atoms with van der Waals surface area (Å²) in [4.78, 5) is 16.5. The van der Waals surface area contributed by atoms with Gasteiger partial charge in [0.1, 0.15) is 27.0 Å². The molecule has 392 valence electrons. The van der Waals surface area contributed by atoms with Crippen molar-refractivity contribution in [3.05, 3.63) is 166 Å². The van der Waals surface area contributed by atoms with Crippen LogP contribution in [0.2, 0.25) is 10.0 Å². The standard InChI is InChI=1S/2C27H24ClN3O6S.Ba/c2*1-3-20-23(13-17(28)14-24(20)38(34,35)36)30-31-25-21-11-6-5-8-16(21)12-22(26(25)32)27(33)29-18-9-7-10-19(15-18)37-4-2;/h2*5-15,32H,3-4H2,1-2H3,(H,29,33)(H,34,35,36);/q;;+2/p-2. The van der Waals surface area contributed by atoms with E-state index in [0.29, 0.717) is 57.6 Å². The summed E-state index contributed by atoms with van der Waals surface area (Å²) < 4.78 is 77.7. The van der Waals surface area contributed by atoms with Gasteiger partial charge in [0.25, 0.3) is 26.1 Å².